The van der Waals surface area contributed by atoms with Gasteiger partial charge in [-0.2, -0.15) is 11.3 Å². The molecule has 7 heteroatoms. The molecule has 0 aliphatic carbocycles. The molecule has 2 aromatic heterocycles. The number of guanidine groups is 1. The van der Waals surface area contributed by atoms with Gasteiger partial charge in [0.05, 0.1) is 0 Å². The smallest absolute Gasteiger partial charge is 0.194 e. The Morgan fingerprint density at radius 2 is 2.04 bits per heavy atom. The van der Waals surface area contributed by atoms with Crippen molar-refractivity contribution in [2.24, 2.45) is 4.99 Å². The molecule has 0 saturated heterocycles. The van der Waals surface area contributed by atoms with Gasteiger partial charge in [-0.05, 0) is 34.9 Å². The number of nitrogens with zero attached hydrogens (tertiary/aromatic N) is 4. The first-order chi connectivity index (χ1) is 12.8. The highest BCUT2D eigenvalue weighted by atomic mass is 127. The van der Waals surface area contributed by atoms with E-state index in [9.17, 15) is 0 Å². The number of hydrogen-bond donors (Lipinski definition) is 1. The molecule has 0 atom stereocenters. The summed E-state index contributed by atoms with van der Waals surface area (Å²) in [5.41, 5.74) is 2.56. The third-order valence-corrected chi connectivity index (χ3v) is 4.80. The van der Waals surface area contributed by atoms with Gasteiger partial charge in [-0.1, -0.05) is 30.3 Å². The van der Waals surface area contributed by atoms with Gasteiger partial charge in [-0.15, -0.1) is 24.0 Å². The quantitative estimate of drug-likeness (QED) is 0.304. The Morgan fingerprint density at radius 3 is 2.74 bits per heavy atom. The number of aliphatic imine (C=N–C) groups is 1. The number of thiophene rings is 1. The van der Waals surface area contributed by atoms with E-state index in [4.69, 9.17) is 4.99 Å². The van der Waals surface area contributed by atoms with E-state index in [1.54, 1.807) is 11.3 Å². The van der Waals surface area contributed by atoms with Crippen molar-refractivity contribution in [3.63, 3.8) is 0 Å². The SMILES string of the molecule is CCNC(=NCc1nccn1Cc1ccccc1)N(C)Cc1ccsc1.I. The van der Waals surface area contributed by atoms with Crippen LogP contribution in [0.1, 0.15) is 23.9 Å². The normalized spacial score (nSPS) is 11.1. The molecule has 0 aliphatic heterocycles. The lowest BCUT2D eigenvalue weighted by atomic mass is 10.2. The van der Waals surface area contributed by atoms with Crippen molar-refractivity contribution in [2.45, 2.75) is 26.6 Å². The zero-order valence-electron chi connectivity index (χ0n) is 15.7. The molecule has 0 fully saturated rings. The molecule has 1 aromatic carbocycles. The minimum atomic E-state index is 0. The molecule has 0 saturated carbocycles. The van der Waals surface area contributed by atoms with Crippen molar-refractivity contribution in [3.05, 3.63) is 76.5 Å². The number of nitrogens with one attached hydrogen (secondary N) is 1. The highest BCUT2D eigenvalue weighted by molar-refractivity contribution is 14.0. The lowest BCUT2D eigenvalue weighted by Crippen LogP contribution is -2.38. The first-order valence-corrected chi connectivity index (χ1v) is 9.75. The summed E-state index contributed by atoms with van der Waals surface area (Å²) in [5, 5.41) is 7.65. The zero-order chi connectivity index (χ0) is 18.2. The molecule has 0 bridgehead atoms. The van der Waals surface area contributed by atoms with Crippen LogP contribution in [0.25, 0.3) is 0 Å². The van der Waals surface area contributed by atoms with Gasteiger partial charge in [0.15, 0.2) is 5.96 Å². The largest absolute Gasteiger partial charge is 0.357 e. The van der Waals surface area contributed by atoms with Crippen LogP contribution in [0, 0.1) is 0 Å². The van der Waals surface area contributed by atoms with Crippen LogP contribution < -0.4 is 5.32 Å². The van der Waals surface area contributed by atoms with Gasteiger partial charge in [-0.3, -0.25) is 0 Å². The Kier molecular flexibility index (Phi) is 8.80. The molecular weight excluding hydrogens is 469 g/mol. The van der Waals surface area contributed by atoms with Gasteiger partial charge in [0.2, 0.25) is 0 Å². The maximum Gasteiger partial charge on any atom is 0.194 e. The summed E-state index contributed by atoms with van der Waals surface area (Å²) in [6, 6.07) is 12.6. The average molecular weight is 495 g/mol. The first kappa shape index (κ1) is 21.4. The maximum absolute atomic E-state index is 4.79. The molecule has 2 heterocycles. The molecule has 3 rings (SSSR count). The van der Waals surface area contributed by atoms with Crippen molar-refractivity contribution in [3.8, 4) is 0 Å². The topological polar surface area (TPSA) is 45.5 Å². The second kappa shape index (κ2) is 11.1. The molecule has 0 radical (unpaired) electrons. The Balaban J connectivity index is 0.00000261. The average Bonchev–Trinajstić information content (AvgIpc) is 3.31. The van der Waals surface area contributed by atoms with E-state index in [0.717, 1.165) is 31.4 Å². The third kappa shape index (κ3) is 6.35. The Bertz CT molecular complexity index is 814. The van der Waals surface area contributed by atoms with E-state index < -0.39 is 0 Å². The van der Waals surface area contributed by atoms with Crippen LogP contribution in [0.2, 0.25) is 0 Å². The van der Waals surface area contributed by atoms with Crippen LogP contribution in [-0.4, -0.2) is 34.0 Å². The molecular formula is C20H26IN5S. The fourth-order valence-electron chi connectivity index (χ4n) is 2.76. The summed E-state index contributed by atoms with van der Waals surface area (Å²) >= 11 is 1.72. The molecule has 0 unspecified atom stereocenters. The van der Waals surface area contributed by atoms with Crippen LogP contribution in [-0.2, 0) is 19.6 Å². The third-order valence-electron chi connectivity index (χ3n) is 4.06. The lowest BCUT2D eigenvalue weighted by Gasteiger charge is -2.21. The highest BCUT2D eigenvalue weighted by Crippen LogP contribution is 2.10. The van der Waals surface area contributed by atoms with E-state index in [2.05, 4.69) is 74.8 Å². The van der Waals surface area contributed by atoms with Gasteiger partial charge in [0.1, 0.15) is 12.4 Å². The predicted octanol–water partition coefficient (Wildman–Crippen LogP) is 4.21. The Labute approximate surface area is 182 Å². The Hall–Kier alpha value is -1.87. The van der Waals surface area contributed by atoms with Gasteiger partial charge >= 0.3 is 0 Å². The van der Waals surface area contributed by atoms with Gasteiger partial charge in [-0.25, -0.2) is 9.98 Å². The van der Waals surface area contributed by atoms with E-state index in [-0.39, 0.29) is 24.0 Å². The zero-order valence-corrected chi connectivity index (χ0v) is 18.9. The summed E-state index contributed by atoms with van der Waals surface area (Å²) in [6.45, 7) is 5.13. The number of aromatic nitrogens is 2. The summed E-state index contributed by atoms with van der Waals surface area (Å²) in [5.74, 6) is 1.86. The predicted molar refractivity (Wildman–Crippen MR) is 124 cm³/mol. The van der Waals surface area contributed by atoms with Crippen molar-refractivity contribution in [2.75, 3.05) is 13.6 Å². The van der Waals surface area contributed by atoms with E-state index >= 15 is 0 Å². The van der Waals surface area contributed by atoms with Crippen molar-refractivity contribution in [1.82, 2.24) is 19.8 Å². The molecule has 0 amide bonds. The molecule has 0 aliphatic rings. The number of rotatable bonds is 7. The van der Waals surface area contributed by atoms with Crippen molar-refractivity contribution >= 4 is 41.3 Å². The number of benzene rings is 1. The van der Waals surface area contributed by atoms with Crippen molar-refractivity contribution < 1.29 is 0 Å². The Morgan fingerprint density at radius 1 is 1.22 bits per heavy atom. The lowest BCUT2D eigenvalue weighted by molar-refractivity contribution is 0.477. The van der Waals surface area contributed by atoms with E-state index in [1.807, 2.05) is 18.5 Å². The van der Waals surface area contributed by atoms with Gasteiger partial charge in [0.25, 0.3) is 0 Å². The fourth-order valence-corrected chi connectivity index (χ4v) is 3.42. The highest BCUT2D eigenvalue weighted by Gasteiger charge is 2.08. The van der Waals surface area contributed by atoms with E-state index in [1.165, 1.54) is 11.1 Å². The molecule has 0 spiro atoms. The van der Waals surface area contributed by atoms with Crippen LogP contribution >= 0.6 is 35.3 Å². The minimum Gasteiger partial charge on any atom is -0.357 e. The maximum atomic E-state index is 4.79. The number of imidazole rings is 1. The van der Waals surface area contributed by atoms with Gasteiger partial charge in [0, 0.05) is 39.1 Å². The second-order valence-corrected chi connectivity index (χ2v) is 6.89. The fraction of sp³-hybridized carbons (Fsp3) is 0.300. The first-order valence-electron chi connectivity index (χ1n) is 8.80. The van der Waals surface area contributed by atoms with Crippen molar-refractivity contribution in [1.29, 1.82) is 0 Å². The molecule has 27 heavy (non-hydrogen) atoms. The summed E-state index contributed by atoms with van der Waals surface area (Å²) in [7, 11) is 2.07. The summed E-state index contributed by atoms with van der Waals surface area (Å²) in [6.07, 6.45) is 3.86. The van der Waals surface area contributed by atoms with Crippen LogP contribution in [0.5, 0.6) is 0 Å². The van der Waals surface area contributed by atoms with Crippen LogP contribution in [0.3, 0.4) is 0 Å². The van der Waals surface area contributed by atoms with Gasteiger partial charge < -0.3 is 14.8 Å². The van der Waals surface area contributed by atoms with E-state index in [0.29, 0.717) is 6.54 Å². The summed E-state index contributed by atoms with van der Waals surface area (Å²) in [4.78, 5) is 11.4. The van der Waals surface area contributed by atoms with Crippen LogP contribution in [0.15, 0.2) is 64.5 Å². The van der Waals surface area contributed by atoms with Crippen LogP contribution in [0.4, 0.5) is 0 Å². The molecule has 5 nitrogen and oxygen atoms in total. The molecule has 144 valence electrons. The number of halogens is 1. The standard InChI is InChI=1S/C20H25N5S.HI/c1-3-21-20(24(2)14-18-9-12-26-16-18)23-13-19-22-10-11-25(19)15-17-7-5-4-6-8-17;/h4-12,16H,3,13-15H2,1-2H3,(H,21,23);1H. The number of hydrogen-bond acceptors (Lipinski definition) is 3. The monoisotopic (exact) mass is 495 g/mol. The summed E-state index contributed by atoms with van der Waals surface area (Å²) < 4.78 is 2.15. The second-order valence-electron chi connectivity index (χ2n) is 6.11. The molecule has 1 N–H and O–H groups in total. The minimum absolute atomic E-state index is 0. The molecule has 3 aromatic rings.